The quantitative estimate of drug-likeness (QED) is 0.280. The molecule has 0 spiro atoms. The smallest absolute Gasteiger partial charge is 0.272 e. The van der Waals surface area contributed by atoms with Crippen molar-refractivity contribution in [3.05, 3.63) is 59.8 Å². The second-order valence-electron chi connectivity index (χ2n) is 6.35. The number of anilines is 1. The average Bonchev–Trinajstić information content (AvgIpc) is 3.11. The van der Waals surface area contributed by atoms with E-state index >= 15 is 0 Å². The van der Waals surface area contributed by atoms with Crippen LogP contribution in [-0.4, -0.2) is 29.7 Å². The summed E-state index contributed by atoms with van der Waals surface area (Å²) in [6.07, 6.45) is 1.70. The van der Waals surface area contributed by atoms with Gasteiger partial charge in [-0.25, -0.2) is 0 Å². The number of nitrogens with one attached hydrogen (secondary N) is 4. The Morgan fingerprint density at radius 2 is 1.76 bits per heavy atom. The fraction of sp³-hybridized carbons (Fsp3) is 0.190. The summed E-state index contributed by atoms with van der Waals surface area (Å²) in [5.74, 6) is 0.218. The van der Waals surface area contributed by atoms with Crippen LogP contribution in [0.2, 0.25) is 0 Å². The molecule has 0 radical (unpaired) electrons. The summed E-state index contributed by atoms with van der Waals surface area (Å²) in [4.78, 5) is 15.6. The lowest BCUT2D eigenvalue weighted by Gasteiger charge is -2.06. The van der Waals surface area contributed by atoms with Crippen LogP contribution in [0, 0.1) is 10.8 Å². The molecular formula is C21H26N6O2. The number of nitrogens with two attached hydrogens (primary N) is 2. The van der Waals surface area contributed by atoms with Crippen molar-refractivity contribution in [3.63, 3.8) is 0 Å². The number of carbonyl (C=O) groups is 1. The minimum atomic E-state index is -0.333. The van der Waals surface area contributed by atoms with Crippen LogP contribution < -0.4 is 21.5 Å². The van der Waals surface area contributed by atoms with Gasteiger partial charge in [0.2, 0.25) is 0 Å². The zero-order valence-corrected chi connectivity index (χ0v) is 16.5. The molecule has 0 unspecified atom stereocenters. The first-order chi connectivity index (χ1) is 13.8. The minimum Gasteiger partial charge on any atom is -0.497 e. The largest absolute Gasteiger partial charge is 0.497 e. The van der Waals surface area contributed by atoms with Gasteiger partial charge in [0.25, 0.3) is 5.91 Å². The van der Waals surface area contributed by atoms with E-state index in [-0.39, 0.29) is 11.9 Å². The van der Waals surface area contributed by atoms with Crippen molar-refractivity contribution in [2.75, 3.05) is 12.4 Å². The van der Waals surface area contributed by atoms with Crippen molar-refractivity contribution in [3.8, 4) is 5.75 Å². The van der Waals surface area contributed by atoms with Gasteiger partial charge in [-0.05, 0) is 48.4 Å². The first kappa shape index (κ1) is 21.5. The van der Waals surface area contributed by atoms with Crippen molar-refractivity contribution in [1.29, 1.82) is 10.8 Å². The zero-order valence-electron chi connectivity index (χ0n) is 16.5. The number of amides is 1. The van der Waals surface area contributed by atoms with Crippen LogP contribution in [0.1, 0.15) is 35.8 Å². The predicted molar refractivity (Wildman–Crippen MR) is 117 cm³/mol. The Morgan fingerprint density at radius 1 is 1.10 bits per heavy atom. The van der Waals surface area contributed by atoms with Gasteiger partial charge in [0, 0.05) is 22.3 Å². The molecule has 1 amide bonds. The molecule has 0 aliphatic carbocycles. The highest BCUT2D eigenvalue weighted by atomic mass is 16.5. The van der Waals surface area contributed by atoms with Gasteiger partial charge in [0.1, 0.15) is 11.4 Å². The number of benzene rings is 2. The maximum absolute atomic E-state index is 12.4. The van der Waals surface area contributed by atoms with Gasteiger partial charge >= 0.3 is 0 Å². The summed E-state index contributed by atoms with van der Waals surface area (Å²) in [7, 11) is 1.62. The first-order valence-electron chi connectivity index (χ1n) is 9.09. The third kappa shape index (κ3) is 6.10. The molecule has 0 fully saturated rings. The molecule has 0 aliphatic heterocycles. The molecule has 0 saturated carbocycles. The van der Waals surface area contributed by atoms with E-state index in [2.05, 4.69) is 28.7 Å². The monoisotopic (exact) mass is 394 g/mol. The molecule has 1 aromatic heterocycles. The van der Waals surface area contributed by atoms with Gasteiger partial charge in [-0.3, -0.25) is 10.2 Å². The van der Waals surface area contributed by atoms with Crippen LogP contribution in [0.5, 0.6) is 5.75 Å². The van der Waals surface area contributed by atoms with E-state index in [1.807, 2.05) is 42.5 Å². The fourth-order valence-electron chi connectivity index (χ4n) is 2.71. The Bertz CT molecular complexity index is 1000. The Labute approximate surface area is 169 Å². The summed E-state index contributed by atoms with van der Waals surface area (Å²) in [5, 5.41) is 17.8. The molecule has 0 aliphatic rings. The number of methoxy groups -OCH3 is 1. The van der Waals surface area contributed by atoms with Gasteiger partial charge < -0.3 is 31.9 Å². The molecule has 3 rings (SSSR count). The van der Waals surface area contributed by atoms with E-state index in [4.69, 9.17) is 15.6 Å². The molecule has 0 atom stereocenters. The van der Waals surface area contributed by atoms with Crippen LogP contribution in [0.15, 0.2) is 48.5 Å². The van der Waals surface area contributed by atoms with Crippen molar-refractivity contribution in [2.24, 2.45) is 11.5 Å². The Kier molecular flexibility index (Phi) is 7.36. The SMILES string of the molecule is CCCC(=N)c1ccc(NC(=O)c2cc3cc(OC)ccc3[nH]2)cc1.N=C(N)N. The van der Waals surface area contributed by atoms with Gasteiger partial charge in [0.05, 0.1) is 7.11 Å². The fourth-order valence-corrected chi connectivity index (χ4v) is 2.71. The number of aromatic amines is 1. The first-order valence-corrected chi connectivity index (χ1v) is 9.09. The summed E-state index contributed by atoms with van der Waals surface area (Å²) in [6.45, 7) is 2.05. The van der Waals surface area contributed by atoms with Gasteiger partial charge in [0.15, 0.2) is 5.96 Å². The van der Waals surface area contributed by atoms with E-state index in [0.29, 0.717) is 17.1 Å². The number of aromatic nitrogens is 1. The van der Waals surface area contributed by atoms with E-state index in [0.717, 1.165) is 35.1 Å². The molecule has 0 bridgehead atoms. The minimum absolute atomic E-state index is 0.202. The number of hydrogen-bond acceptors (Lipinski definition) is 4. The molecule has 3 aromatic rings. The standard InChI is InChI=1S/C20H21N3O2.CH5N3/c1-3-4-17(21)13-5-7-15(8-6-13)22-20(24)19-12-14-11-16(25-2)9-10-18(14)23-19;2-1(3)4/h5-12,21,23H,3-4H2,1-2H3,(H,22,24);(H5,2,3,4). The van der Waals surface area contributed by atoms with E-state index in [1.165, 1.54) is 0 Å². The average molecular weight is 394 g/mol. The molecule has 8 N–H and O–H groups in total. The van der Waals surface area contributed by atoms with Gasteiger partial charge in [-0.1, -0.05) is 25.5 Å². The Morgan fingerprint density at radius 3 is 2.34 bits per heavy atom. The lowest BCUT2D eigenvalue weighted by Crippen LogP contribution is -2.20. The van der Waals surface area contributed by atoms with Crippen molar-refractivity contribution in [1.82, 2.24) is 4.98 Å². The third-order valence-corrected chi connectivity index (χ3v) is 4.06. The predicted octanol–water partition coefficient (Wildman–Crippen LogP) is 3.44. The number of guanidine groups is 1. The molecule has 29 heavy (non-hydrogen) atoms. The highest BCUT2D eigenvalue weighted by Crippen LogP contribution is 2.22. The number of H-pyrrole nitrogens is 1. The van der Waals surface area contributed by atoms with Crippen LogP contribution in [0.3, 0.4) is 0 Å². The van der Waals surface area contributed by atoms with Crippen LogP contribution in [-0.2, 0) is 0 Å². The van der Waals surface area contributed by atoms with Crippen molar-refractivity contribution in [2.45, 2.75) is 19.8 Å². The van der Waals surface area contributed by atoms with E-state index in [9.17, 15) is 4.79 Å². The molecule has 8 nitrogen and oxygen atoms in total. The second-order valence-corrected chi connectivity index (χ2v) is 6.35. The van der Waals surface area contributed by atoms with Gasteiger partial charge in [-0.15, -0.1) is 0 Å². The topological polar surface area (TPSA) is 154 Å². The van der Waals surface area contributed by atoms with Crippen LogP contribution in [0.4, 0.5) is 5.69 Å². The van der Waals surface area contributed by atoms with Crippen LogP contribution >= 0.6 is 0 Å². The van der Waals surface area contributed by atoms with Crippen molar-refractivity contribution >= 4 is 34.2 Å². The normalized spacial score (nSPS) is 10.0. The maximum atomic E-state index is 12.4. The highest BCUT2D eigenvalue weighted by Gasteiger charge is 2.11. The summed E-state index contributed by atoms with van der Waals surface area (Å²) < 4.78 is 5.20. The van der Waals surface area contributed by atoms with E-state index < -0.39 is 0 Å². The second kappa shape index (κ2) is 9.93. The van der Waals surface area contributed by atoms with Gasteiger partial charge in [-0.2, -0.15) is 0 Å². The highest BCUT2D eigenvalue weighted by molar-refractivity contribution is 6.06. The van der Waals surface area contributed by atoms with Crippen LogP contribution in [0.25, 0.3) is 10.9 Å². The number of ether oxygens (including phenoxy) is 1. The zero-order chi connectivity index (χ0) is 21.4. The summed E-state index contributed by atoms with van der Waals surface area (Å²) >= 11 is 0. The molecule has 2 aromatic carbocycles. The molecule has 8 heteroatoms. The molecule has 0 saturated heterocycles. The lowest BCUT2D eigenvalue weighted by atomic mass is 10.1. The molecule has 1 heterocycles. The Balaban J connectivity index is 0.000000687. The molecular weight excluding hydrogens is 368 g/mol. The lowest BCUT2D eigenvalue weighted by molar-refractivity contribution is 0.102. The number of rotatable bonds is 6. The third-order valence-electron chi connectivity index (χ3n) is 4.06. The maximum Gasteiger partial charge on any atom is 0.272 e. The number of carbonyl (C=O) groups excluding carboxylic acids is 1. The summed E-state index contributed by atoms with van der Waals surface area (Å²) in [6, 6.07) is 14.8. The number of fused-ring (bicyclic) bond motifs is 1. The number of hydrogen-bond donors (Lipinski definition) is 6. The summed E-state index contributed by atoms with van der Waals surface area (Å²) in [5.41, 5.74) is 12.5. The molecule has 152 valence electrons. The Hall–Kier alpha value is -3.81. The van der Waals surface area contributed by atoms with Crippen molar-refractivity contribution < 1.29 is 9.53 Å². The van der Waals surface area contributed by atoms with E-state index in [1.54, 1.807) is 13.2 Å².